The number of nitrogens with one attached hydrogen (secondary N) is 1. The van der Waals surface area contributed by atoms with Crippen molar-refractivity contribution < 1.29 is 14.3 Å². The Balaban J connectivity index is 1.27. The highest BCUT2D eigenvalue weighted by Crippen LogP contribution is 2.36. The van der Waals surface area contributed by atoms with Crippen molar-refractivity contribution in [2.75, 3.05) is 0 Å². The van der Waals surface area contributed by atoms with Crippen LogP contribution in [0.15, 0.2) is 84.9 Å². The molecule has 1 aromatic heterocycles. The molecule has 2 amide bonds. The largest absolute Gasteiger partial charge is 0.487 e. The fraction of sp³-hybridized carbons (Fsp3) is 0.395. The third kappa shape index (κ3) is 8.10. The first-order chi connectivity index (χ1) is 20.9. The van der Waals surface area contributed by atoms with Gasteiger partial charge in [0, 0.05) is 5.39 Å². The zero-order valence-electron chi connectivity index (χ0n) is 25.7. The summed E-state index contributed by atoms with van der Waals surface area (Å²) in [4.78, 5) is 31.8. The van der Waals surface area contributed by atoms with Crippen molar-refractivity contribution in [3.8, 4) is 5.75 Å². The van der Waals surface area contributed by atoms with E-state index >= 15 is 0 Å². The monoisotopic (exact) mass is 576 g/mol. The summed E-state index contributed by atoms with van der Waals surface area (Å²) in [6.45, 7) is 6.63. The number of imide groups is 1. The zero-order valence-corrected chi connectivity index (χ0v) is 25.7. The van der Waals surface area contributed by atoms with Crippen LogP contribution >= 0.6 is 0 Å². The molecule has 1 N–H and O–H groups in total. The first-order valence-electron chi connectivity index (χ1n) is 15.9. The van der Waals surface area contributed by atoms with Gasteiger partial charge in [0.05, 0.1) is 23.0 Å². The third-order valence-corrected chi connectivity index (χ3v) is 8.70. The molecule has 4 aromatic rings. The van der Waals surface area contributed by atoms with Gasteiger partial charge in [-0.3, -0.25) is 14.9 Å². The van der Waals surface area contributed by atoms with E-state index in [2.05, 4.69) is 37.4 Å². The third-order valence-electron chi connectivity index (χ3n) is 8.70. The minimum absolute atomic E-state index is 0.200. The molecule has 5 rings (SSSR count). The Labute approximate surface area is 256 Å². The van der Waals surface area contributed by atoms with Crippen LogP contribution < -0.4 is 10.1 Å². The van der Waals surface area contributed by atoms with Crippen molar-refractivity contribution in [1.82, 2.24) is 10.3 Å². The molecule has 0 saturated heterocycles. The van der Waals surface area contributed by atoms with Gasteiger partial charge >= 0.3 is 0 Å². The number of hydrogen-bond acceptors (Lipinski definition) is 4. The van der Waals surface area contributed by atoms with Gasteiger partial charge in [-0.15, -0.1) is 0 Å². The second-order valence-electron chi connectivity index (χ2n) is 12.5. The molecule has 1 aliphatic carbocycles. The Kier molecular flexibility index (Phi) is 10.2. The Bertz CT molecular complexity index is 1500. The second-order valence-corrected chi connectivity index (χ2v) is 12.5. The molecule has 0 spiro atoms. The topological polar surface area (TPSA) is 68.3 Å². The van der Waals surface area contributed by atoms with E-state index in [1.165, 1.54) is 18.4 Å². The number of hydrogen-bond donors (Lipinski definition) is 1. The predicted octanol–water partition coefficient (Wildman–Crippen LogP) is 8.51. The standard InChI is InChI=1S/C38H44N2O3/c1-26(2)24-28-14-16-29(17-15-28)27(3)37(41)40-38(42)36(31-11-6-4-5-7-12-31)32-19-22-34(23-20-32)43-25-33-21-18-30-10-8-9-13-35(30)39-33/h8-10,13-23,26-27,31,36H,4-7,11-12,24-25H2,1-3H3,(H,40,41,42). The molecule has 5 heteroatoms. The number of benzene rings is 3. The fourth-order valence-electron chi connectivity index (χ4n) is 6.27. The first-order valence-corrected chi connectivity index (χ1v) is 15.9. The van der Waals surface area contributed by atoms with E-state index in [9.17, 15) is 9.59 Å². The molecule has 0 bridgehead atoms. The van der Waals surface area contributed by atoms with Crippen LogP contribution in [-0.4, -0.2) is 16.8 Å². The lowest BCUT2D eigenvalue weighted by atomic mass is 9.80. The van der Waals surface area contributed by atoms with Crippen molar-refractivity contribution >= 4 is 22.7 Å². The van der Waals surface area contributed by atoms with Gasteiger partial charge in [-0.25, -0.2) is 4.98 Å². The molecule has 5 nitrogen and oxygen atoms in total. The summed E-state index contributed by atoms with van der Waals surface area (Å²) < 4.78 is 6.06. The highest BCUT2D eigenvalue weighted by atomic mass is 16.5. The van der Waals surface area contributed by atoms with E-state index < -0.39 is 5.92 Å². The van der Waals surface area contributed by atoms with E-state index in [0.29, 0.717) is 12.5 Å². The Hall–Kier alpha value is -3.99. The highest BCUT2D eigenvalue weighted by Gasteiger charge is 2.32. The summed E-state index contributed by atoms with van der Waals surface area (Å²) in [5, 5.41) is 3.90. The molecule has 0 aliphatic heterocycles. The van der Waals surface area contributed by atoms with Gasteiger partial charge in [0.1, 0.15) is 12.4 Å². The maximum Gasteiger partial charge on any atom is 0.234 e. The van der Waals surface area contributed by atoms with Crippen molar-refractivity contribution in [2.45, 2.75) is 84.2 Å². The van der Waals surface area contributed by atoms with Gasteiger partial charge in [0.2, 0.25) is 11.8 Å². The smallest absolute Gasteiger partial charge is 0.234 e. The number of aromatic nitrogens is 1. The molecule has 43 heavy (non-hydrogen) atoms. The number of amides is 2. The number of carbonyl (C=O) groups is 2. The van der Waals surface area contributed by atoms with E-state index in [1.807, 2.05) is 73.7 Å². The summed E-state index contributed by atoms with van der Waals surface area (Å²) in [5.74, 6) is 0.272. The van der Waals surface area contributed by atoms with Gasteiger partial charge in [-0.1, -0.05) is 100 Å². The fourth-order valence-corrected chi connectivity index (χ4v) is 6.27. The number of carbonyl (C=O) groups excluding carboxylic acids is 2. The van der Waals surface area contributed by atoms with Crippen molar-refractivity contribution in [2.24, 2.45) is 11.8 Å². The van der Waals surface area contributed by atoms with Crippen LogP contribution in [0.4, 0.5) is 0 Å². The van der Waals surface area contributed by atoms with Crippen LogP contribution in [0.5, 0.6) is 5.75 Å². The number of ether oxygens (including phenoxy) is 1. The molecule has 3 aromatic carbocycles. The molecule has 2 atom stereocenters. The van der Waals surface area contributed by atoms with Crippen molar-refractivity contribution in [3.05, 3.63) is 107 Å². The lowest BCUT2D eigenvalue weighted by molar-refractivity contribution is -0.132. The highest BCUT2D eigenvalue weighted by molar-refractivity contribution is 6.01. The number of para-hydroxylation sites is 1. The molecular weight excluding hydrogens is 532 g/mol. The average Bonchev–Trinajstić information content (AvgIpc) is 3.30. The predicted molar refractivity (Wildman–Crippen MR) is 173 cm³/mol. The summed E-state index contributed by atoms with van der Waals surface area (Å²) in [7, 11) is 0. The Morgan fingerprint density at radius 2 is 1.47 bits per heavy atom. The van der Waals surface area contributed by atoms with E-state index in [-0.39, 0.29) is 23.7 Å². The Morgan fingerprint density at radius 3 is 2.16 bits per heavy atom. The van der Waals surface area contributed by atoms with Gasteiger partial charge in [-0.2, -0.15) is 0 Å². The maximum absolute atomic E-state index is 13.8. The molecule has 1 heterocycles. The van der Waals surface area contributed by atoms with Crippen molar-refractivity contribution in [3.63, 3.8) is 0 Å². The average molecular weight is 577 g/mol. The second kappa shape index (κ2) is 14.5. The van der Waals surface area contributed by atoms with Crippen LogP contribution in [0, 0.1) is 11.8 Å². The molecular formula is C38H44N2O3. The van der Waals surface area contributed by atoms with Gasteiger partial charge in [0.15, 0.2) is 0 Å². The SMILES string of the molecule is CC(C)Cc1ccc(C(C)C(=O)NC(=O)C(c2ccc(OCc3ccc4ccccc4n3)cc2)C2CCCCCC2)cc1. The summed E-state index contributed by atoms with van der Waals surface area (Å²) >= 11 is 0. The number of nitrogens with zero attached hydrogens (tertiary/aromatic N) is 1. The molecule has 1 fully saturated rings. The quantitative estimate of drug-likeness (QED) is 0.192. The molecule has 0 radical (unpaired) electrons. The normalized spacial score (nSPS) is 15.5. The van der Waals surface area contributed by atoms with Crippen molar-refractivity contribution in [1.29, 1.82) is 0 Å². The number of fused-ring (bicyclic) bond motifs is 1. The van der Waals surface area contributed by atoms with Crippen LogP contribution in [0.3, 0.4) is 0 Å². The first kappa shape index (κ1) is 30.5. The van der Waals surface area contributed by atoms with E-state index in [0.717, 1.165) is 65.6 Å². The van der Waals surface area contributed by atoms with Gasteiger partial charge in [0.25, 0.3) is 0 Å². The van der Waals surface area contributed by atoms with Crippen LogP contribution in [-0.2, 0) is 22.6 Å². The van der Waals surface area contributed by atoms with Crippen LogP contribution in [0.1, 0.15) is 93.5 Å². The lowest BCUT2D eigenvalue weighted by Crippen LogP contribution is -2.39. The zero-order chi connectivity index (χ0) is 30.2. The van der Waals surface area contributed by atoms with Crippen LogP contribution in [0.25, 0.3) is 10.9 Å². The minimum Gasteiger partial charge on any atom is -0.487 e. The summed E-state index contributed by atoms with van der Waals surface area (Å²) in [6.07, 6.45) is 7.61. The molecule has 2 unspecified atom stereocenters. The van der Waals surface area contributed by atoms with Gasteiger partial charge < -0.3 is 4.74 Å². The minimum atomic E-state index is -0.411. The van der Waals surface area contributed by atoms with E-state index in [4.69, 9.17) is 9.72 Å². The number of pyridine rings is 1. The van der Waals surface area contributed by atoms with Crippen LogP contribution in [0.2, 0.25) is 0 Å². The molecule has 1 saturated carbocycles. The summed E-state index contributed by atoms with van der Waals surface area (Å²) in [6, 6.07) is 28.1. The summed E-state index contributed by atoms with van der Waals surface area (Å²) in [5.41, 5.74) is 4.92. The van der Waals surface area contributed by atoms with Gasteiger partial charge in [-0.05, 0) is 79.0 Å². The molecule has 1 aliphatic rings. The maximum atomic E-state index is 13.8. The Morgan fingerprint density at radius 1 is 0.791 bits per heavy atom. The lowest BCUT2D eigenvalue weighted by Gasteiger charge is -2.26. The van der Waals surface area contributed by atoms with E-state index in [1.54, 1.807) is 0 Å². The molecule has 224 valence electrons. The number of rotatable bonds is 10.